The van der Waals surface area contributed by atoms with Crippen molar-refractivity contribution in [2.75, 3.05) is 36.4 Å². The molecule has 1 aliphatic carbocycles. The van der Waals surface area contributed by atoms with Crippen LogP contribution in [0.1, 0.15) is 23.2 Å². The molecule has 1 atom stereocenters. The molecule has 1 unspecified atom stereocenters. The maximum Gasteiger partial charge on any atom is 0.297 e. The summed E-state index contributed by atoms with van der Waals surface area (Å²) >= 11 is 5.83. The Labute approximate surface area is 181 Å². The highest BCUT2D eigenvalue weighted by Gasteiger charge is 2.72. The van der Waals surface area contributed by atoms with E-state index in [0.717, 1.165) is 5.69 Å². The number of rotatable bonds is 6. The van der Waals surface area contributed by atoms with Gasteiger partial charge in [0.15, 0.2) is 5.58 Å². The lowest BCUT2D eigenvalue weighted by atomic mass is 10.1. The van der Waals surface area contributed by atoms with Crippen molar-refractivity contribution in [2.24, 2.45) is 5.41 Å². The van der Waals surface area contributed by atoms with Crippen molar-refractivity contribution in [3.05, 3.63) is 47.1 Å². The van der Waals surface area contributed by atoms with Crippen molar-refractivity contribution in [3.8, 4) is 0 Å². The fourth-order valence-corrected chi connectivity index (χ4v) is 4.20. The summed E-state index contributed by atoms with van der Waals surface area (Å²) in [4.78, 5) is 22.6. The molecule has 31 heavy (non-hydrogen) atoms. The van der Waals surface area contributed by atoms with Crippen LogP contribution in [0.4, 0.5) is 20.5 Å². The molecule has 10 heteroatoms. The van der Waals surface area contributed by atoms with Gasteiger partial charge in [-0.1, -0.05) is 11.6 Å². The lowest BCUT2D eigenvalue weighted by Gasteiger charge is -2.19. The zero-order valence-corrected chi connectivity index (χ0v) is 17.3. The molecule has 1 spiro atoms. The number of fused-ring (bicyclic) bond motifs is 1. The molecule has 2 aliphatic rings. The second-order valence-electron chi connectivity index (χ2n) is 8.04. The summed E-state index contributed by atoms with van der Waals surface area (Å²) in [6, 6.07) is 10.6. The molecule has 3 heterocycles. The molecule has 1 saturated heterocycles. The Kier molecular flexibility index (Phi) is 4.73. The van der Waals surface area contributed by atoms with Gasteiger partial charge >= 0.3 is 0 Å². The number of hydrogen-bond acceptors (Lipinski definition) is 6. The third-order valence-electron chi connectivity index (χ3n) is 5.97. The standard InChI is InChI=1S/C21H20ClF2N5O2/c22-16-6-5-15-17(27-16)28-19(31-15)26-9-8-25-18(30)13-1-3-14(4-2-13)29-10-7-20(12-29)11-21(20,23)24/h1-6H,7-12H2,(H,25,30)(H,26,27,28). The topological polar surface area (TPSA) is 83.3 Å². The molecule has 1 aromatic carbocycles. The van der Waals surface area contributed by atoms with Crippen LogP contribution in [0.15, 0.2) is 40.8 Å². The van der Waals surface area contributed by atoms with E-state index in [4.69, 9.17) is 16.0 Å². The Morgan fingerprint density at radius 3 is 2.65 bits per heavy atom. The molecule has 1 aliphatic heterocycles. The van der Waals surface area contributed by atoms with Gasteiger partial charge in [-0.15, -0.1) is 0 Å². The number of carbonyl (C=O) groups is 1. The highest BCUT2D eigenvalue weighted by Crippen LogP contribution is 2.65. The first kappa shape index (κ1) is 20.0. The van der Waals surface area contributed by atoms with Crippen molar-refractivity contribution in [2.45, 2.75) is 18.8 Å². The van der Waals surface area contributed by atoms with E-state index in [9.17, 15) is 13.6 Å². The average Bonchev–Trinajstić information content (AvgIpc) is 3.10. The van der Waals surface area contributed by atoms with Crippen molar-refractivity contribution in [1.29, 1.82) is 0 Å². The van der Waals surface area contributed by atoms with Gasteiger partial charge in [0, 0.05) is 43.9 Å². The first-order valence-corrected chi connectivity index (χ1v) is 10.4. The fraction of sp³-hybridized carbons (Fsp3) is 0.381. The SMILES string of the molecule is O=C(NCCNc1nc2nc(Cl)ccc2o1)c1ccc(N2CCC3(C2)CC3(F)F)cc1. The van der Waals surface area contributed by atoms with E-state index >= 15 is 0 Å². The molecule has 0 radical (unpaired) electrons. The monoisotopic (exact) mass is 447 g/mol. The maximum absolute atomic E-state index is 13.6. The van der Waals surface area contributed by atoms with Crippen LogP contribution in [0.5, 0.6) is 0 Å². The molecule has 3 aromatic rings. The summed E-state index contributed by atoms with van der Waals surface area (Å²) in [5.74, 6) is -2.75. The molecule has 7 nitrogen and oxygen atoms in total. The normalized spacial score (nSPS) is 21.6. The minimum absolute atomic E-state index is 0.0150. The van der Waals surface area contributed by atoms with Gasteiger partial charge in [0.25, 0.3) is 17.8 Å². The number of aromatic nitrogens is 2. The van der Waals surface area contributed by atoms with Crippen molar-refractivity contribution in [1.82, 2.24) is 15.3 Å². The maximum atomic E-state index is 13.6. The van der Waals surface area contributed by atoms with E-state index in [1.54, 1.807) is 24.3 Å². The summed E-state index contributed by atoms with van der Waals surface area (Å²) in [7, 11) is 0. The van der Waals surface area contributed by atoms with Gasteiger partial charge in [0.2, 0.25) is 5.65 Å². The van der Waals surface area contributed by atoms with E-state index < -0.39 is 11.3 Å². The average molecular weight is 448 g/mol. The van der Waals surface area contributed by atoms with Crippen LogP contribution in [-0.2, 0) is 0 Å². The van der Waals surface area contributed by atoms with Crippen LogP contribution in [0.25, 0.3) is 11.2 Å². The number of pyridine rings is 1. The van der Waals surface area contributed by atoms with Gasteiger partial charge in [0.1, 0.15) is 5.15 Å². The van der Waals surface area contributed by atoms with Gasteiger partial charge in [-0.05, 0) is 42.8 Å². The lowest BCUT2D eigenvalue weighted by Crippen LogP contribution is -2.29. The second-order valence-corrected chi connectivity index (χ2v) is 8.42. The summed E-state index contributed by atoms with van der Waals surface area (Å²) in [6.07, 6.45) is 0.497. The van der Waals surface area contributed by atoms with Gasteiger partial charge in [-0.3, -0.25) is 4.79 Å². The van der Waals surface area contributed by atoms with Gasteiger partial charge in [0.05, 0.1) is 5.41 Å². The molecule has 2 aromatic heterocycles. The minimum atomic E-state index is -2.53. The van der Waals surface area contributed by atoms with Crippen LogP contribution in [-0.4, -0.2) is 48.0 Å². The third kappa shape index (κ3) is 3.78. The predicted molar refractivity (Wildman–Crippen MR) is 113 cm³/mol. The number of nitrogens with one attached hydrogen (secondary N) is 2. The number of halogens is 3. The van der Waals surface area contributed by atoms with Gasteiger partial charge in [-0.2, -0.15) is 4.98 Å². The van der Waals surface area contributed by atoms with Crippen LogP contribution < -0.4 is 15.5 Å². The van der Waals surface area contributed by atoms with E-state index in [2.05, 4.69) is 20.6 Å². The first-order valence-electron chi connectivity index (χ1n) is 10.0. The number of anilines is 2. The Bertz CT molecular complexity index is 1140. The molecule has 0 bridgehead atoms. The second kappa shape index (κ2) is 7.33. The quantitative estimate of drug-likeness (QED) is 0.439. The van der Waals surface area contributed by atoms with Crippen LogP contribution in [0, 0.1) is 5.41 Å². The molecule has 2 N–H and O–H groups in total. The van der Waals surface area contributed by atoms with Crippen LogP contribution in [0.3, 0.4) is 0 Å². The number of oxazole rings is 1. The Hall–Kier alpha value is -2.94. The molecule has 2 fully saturated rings. The van der Waals surface area contributed by atoms with E-state index in [0.29, 0.717) is 60.6 Å². The van der Waals surface area contributed by atoms with E-state index in [1.165, 1.54) is 0 Å². The number of hydrogen-bond donors (Lipinski definition) is 2. The van der Waals surface area contributed by atoms with Crippen molar-refractivity contribution < 1.29 is 18.0 Å². The Morgan fingerprint density at radius 2 is 1.94 bits per heavy atom. The molecule has 1 amide bonds. The zero-order chi connectivity index (χ0) is 21.6. The summed E-state index contributed by atoms with van der Waals surface area (Å²) < 4.78 is 32.6. The fourth-order valence-electron chi connectivity index (χ4n) is 4.06. The largest absolute Gasteiger partial charge is 0.422 e. The number of benzene rings is 1. The number of alkyl halides is 2. The Balaban J connectivity index is 1.10. The third-order valence-corrected chi connectivity index (χ3v) is 6.18. The van der Waals surface area contributed by atoms with E-state index in [-0.39, 0.29) is 12.3 Å². The van der Waals surface area contributed by atoms with E-state index in [1.807, 2.05) is 17.0 Å². The van der Waals surface area contributed by atoms with Gasteiger partial charge in [-0.25, -0.2) is 13.8 Å². The van der Waals surface area contributed by atoms with Crippen LogP contribution >= 0.6 is 11.6 Å². The smallest absolute Gasteiger partial charge is 0.297 e. The van der Waals surface area contributed by atoms with Crippen molar-refractivity contribution >= 4 is 40.4 Å². The van der Waals surface area contributed by atoms with Crippen LogP contribution in [0.2, 0.25) is 5.15 Å². The molecule has 162 valence electrons. The first-order chi connectivity index (χ1) is 14.9. The predicted octanol–water partition coefficient (Wildman–Crippen LogP) is 3.95. The number of nitrogens with zero attached hydrogens (tertiary/aromatic N) is 3. The summed E-state index contributed by atoms with van der Waals surface area (Å²) in [5.41, 5.74) is 1.46. The highest BCUT2D eigenvalue weighted by atomic mass is 35.5. The highest BCUT2D eigenvalue weighted by molar-refractivity contribution is 6.29. The molecule has 1 saturated carbocycles. The molecular weight excluding hydrogens is 428 g/mol. The minimum Gasteiger partial charge on any atom is -0.422 e. The number of carbonyl (C=O) groups excluding carboxylic acids is 1. The zero-order valence-electron chi connectivity index (χ0n) is 16.5. The number of amides is 1. The molecule has 5 rings (SSSR count). The lowest BCUT2D eigenvalue weighted by molar-refractivity contribution is 0.0711. The van der Waals surface area contributed by atoms with Crippen molar-refractivity contribution in [3.63, 3.8) is 0 Å². The summed E-state index contributed by atoms with van der Waals surface area (Å²) in [6.45, 7) is 1.75. The van der Waals surface area contributed by atoms with Gasteiger partial charge < -0.3 is 20.0 Å². The summed E-state index contributed by atoms with van der Waals surface area (Å²) in [5, 5.41) is 6.13. The Morgan fingerprint density at radius 1 is 1.16 bits per heavy atom. The molecular formula is C21H20ClF2N5O2.